The summed E-state index contributed by atoms with van der Waals surface area (Å²) in [4.78, 5) is 12.0. The minimum atomic E-state index is -0.752. The topological polar surface area (TPSA) is 64.4 Å². The number of rotatable bonds is 5. The highest BCUT2D eigenvalue weighted by molar-refractivity contribution is 5.93. The summed E-state index contributed by atoms with van der Waals surface area (Å²) < 4.78 is 36.6. The summed E-state index contributed by atoms with van der Waals surface area (Å²) in [5.74, 6) is -1.58. The third-order valence-electron chi connectivity index (χ3n) is 3.06. The smallest absolute Gasteiger partial charge is 0.230 e. The number of ether oxygens (including phenoxy) is 1. The van der Waals surface area contributed by atoms with Crippen LogP contribution >= 0.6 is 0 Å². The van der Waals surface area contributed by atoms with Crippen molar-refractivity contribution in [2.75, 3.05) is 5.32 Å². The summed E-state index contributed by atoms with van der Waals surface area (Å²) in [6, 6.07) is 11.0. The van der Waals surface area contributed by atoms with Crippen LogP contribution in [0.1, 0.15) is 5.69 Å². The van der Waals surface area contributed by atoms with E-state index in [2.05, 4.69) is 15.0 Å². The molecule has 3 rings (SSSR count). The number of hydrogen-bond donors (Lipinski definition) is 1. The van der Waals surface area contributed by atoms with Crippen molar-refractivity contribution in [3.8, 4) is 11.5 Å². The lowest BCUT2D eigenvalue weighted by Gasteiger charge is -2.12. The van der Waals surface area contributed by atoms with Gasteiger partial charge in [0.25, 0.3) is 0 Å². The average molecular weight is 330 g/mol. The number of nitrogens with one attached hydrogen (secondary N) is 1. The second kappa shape index (κ2) is 6.91. The van der Waals surface area contributed by atoms with Crippen LogP contribution in [-0.2, 0) is 11.2 Å². The first kappa shape index (κ1) is 15.7. The second-order valence-corrected chi connectivity index (χ2v) is 4.92. The van der Waals surface area contributed by atoms with Crippen LogP contribution in [0.3, 0.4) is 0 Å². The van der Waals surface area contributed by atoms with E-state index in [0.717, 1.165) is 18.2 Å². The van der Waals surface area contributed by atoms with Crippen LogP contribution in [0.5, 0.6) is 11.5 Å². The molecule has 0 saturated carbocycles. The molecule has 24 heavy (non-hydrogen) atoms. The van der Waals surface area contributed by atoms with E-state index in [1.165, 1.54) is 6.26 Å². The van der Waals surface area contributed by atoms with Gasteiger partial charge in [0.05, 0.1) is 17.8 Å². The minimum absolute atomic E-state index is 0.00861. The maximum atomic E-state index is 13.2. The van der Waals surface area contributed by atoms with Crippen LogP contribution in [0.2, 0.25) is 0 Å². The lowest BCUT2D eigenvalue weighted by Crippen LogP contribution is -2.15. The molecule has 0 fully saturated rings. The molecule has 0 aliphatic carbocycles. The van der Waals surface area contributed by atoms with Crippen molar-refractivity contribution in [1.82, 2.24) is 5.16 Å². The summed E-state index contributed by atoms with van der Waals surface area (Å²) >= 11 is 0. The molecule has 0 unspecified atom stereocenters. The SMILES string of the molecule is O=C(Cc1ccon1)Nc1ccccc1Oc1cc(F)cc(F)c1. The number of carbonyl (C=O) groups is 1. The van der Waals surface area contributed by atoms with Crippen LogP contribution in [0.15, 0.2) is 59.3 Å². The molecular formula is C17H12F2N2O3. The van der Waals surface area contributed by atoms with Gasteiger partial charge in [-0.3, -0.25) is 4.79 Å². The number of benzene rings is 2. The quantitative estimate of drug-likeness (QED) is 0.770. The van der Waals surface area contributed by atoms with Gasteiger partial charge < -0.3 is 14.6 Å². The standard InChI is InChI=1S/C17H12F2N2O3/c18-11-7-12(19)9-14(8-11)24-16-4-2-1-3-15(16)20-17(22)10-13-5-6-23-21-13/h1-9H,10H2,(H,20,22). The Balaban J connectivity index is 1.76. The summed E-state index contributed by atoms with van der Waals surface area (Å²) in [5, 5.41) is 6.32. The Labute approximate surface area is 135 Å². The van der Waals surface area contributed by atoms with E-state index in [4.69, 9.17) is 4.74 Å². The molecule has 1 N–H and O–H groups in total. The highest BCUT2D eigenvalue weighted by Crippen LogP contribution is 2.30. The zero-order chi connectivity index (χ0) is 16.9. The van der Waals surface area contributed by atoms with E-state index < -0.39 is 11.6 Å². The Morgan fingerprint density at radius 1 is 1.12 bits per heavy atom. The summed E-state index contributed by atoms with van der Waals surface area (Å²) in [6.45, 7) is 0. The van der Waals surface area contributed by atoms with Crippen LogP contribution < -0.4 is 10.1 Å². The van der Waals surface area contributed by atoms with Crippen LogP contribution in [0, 0.1) is 11.6 Å². The molecule has 3 aromatic rings. The lowest BCUT2D eigenvalue weighted by molar-refractivity contribution is -0.115. The summed E-state index contributed by atoms with van der Waals surface area (Å²) in [7, 11) is 0. The number of halogens is 2. The first-order valence-electron chi connectivity index (χ1n) is 7.02. The second-order valence-electron chi connectivity index (χ2n) is 4.92. The number of aromatic nitrogens is 1. The van der Waals surface area contributed by atoms with E-state index in [1.54, 1.807) is 30.3 Å². The number of carbonyl (C=O) groups excluding carboxylic acids is 1. The molecule has 1 heterocycles. The first-order chi connectivity index (χ1) is 11.6. The Morgan fingerprint density at radius 3 is 2.58 bits per heavy atom. The maximum Gasteiger partial charge on any atom is 0.230 e. The molecule has 0 spiro atoms. The minimum Gasteiger partial charge on any atom is -0.455 e. The van der Waals surface area contributed by atoms with Crippen molar-refractivity contribution in [3.05, 3.63) is 72.1 Å². The molecule has 0 aliphatic rings. The van der Waals surface area contributed by atoms with Gasteiger partial charge in [-0.05, 0) is 12.1 Å². The Morgan fingerprint density at radius 2 is 1.88 bits per heavy atom. The molecule has 2 aromatic carbocycles. The van der Waals surface area contributed by atoms with E-state index in [1.807, 2.05) is 0 Å². The number of amides is 1. The zero-order valence-corrected chi connectivity index (χ0v) is 12.3. The fraction of sp³-hybridized carbons (Fsp3) is 0.0588. The number of para-hydroxylation sites is 2. The number of hydrogen-bond acceptors (Lipinski definition) is 4. The van der Waals surface area contributed by atoms with Gasteiger partial charge in [0.15, 0.2) is 5.75 Å². The molecule has 0 saturated heterocycles. The molecule has 1 aromatic heterocycles. The first-order valence-corrected chi connectivity index (χ1v) is 7.02. The van der Waals surface area contributed by atoms with Crippen molar-refractivity contribution in [2.45, 2.75) is 6.42 Å². The normalized spacial score (nSPS) is 10.4. The molecule has 5 nitrogen and oxygen atoms in total. The van der Waals surface area contributed by atoms with Gasteiger partial charge in [0, 0.05) is 24.3 Å². The van der Waals surface area contributed by atoms with E-state index in [-0.39, 0.29) is 23.8 Å². The van der Waals surface area contributed by atoms with Gasteiger partial charge in [-0.2, -0.15) is 0 Å². The van der Waals surface area contributed by atoms with Crippen LogP contribution in [0.4, 0.5) is 14.5 Å². The summed E-state index contributed by atoms with van der Waals surface area (Å²) in [5.41, 5.74) is 0.855. The van der Waals surface area contributed by atoms with Crippen molar-refractivity contribution in [1.29, 1.82) is 0 Å². The van der Waals surface area contributed by atoms with Gasteiger partial charge in [0.1, 0.15) is 23.6 Å². The van der Waals surface area contributed by atoms with E-state index >= 15 is 0 Å². The molecule has 1 amide bonds. The Bertz CT molecular complexity index is 831. The molecule has 0 radical (unpaired) electrons. The Hall–Kier alpha value is -3.22. The highest BCUT2D eigenvalue weighted by atomic mass is 19.1. The fourth-order valence-electron chi connectivity index (χ4n) is 2.06. The Kier molecular flexibility index (Phi) is 4.51. The average Bonchev–Trinajstić information content (AvgIpc) is 3.01. The third-order valence-corrected chi connectivity index (χ3v) is 3.06. The van der Waals surface area contributed by atoms with E-state index in [0.29, 0.717) is 11.4 Å². The van der Waals surface area contributed by atoms with Crippen molar-refractivity contribution in [3.63, 3.8) is 0 Å². The molecule has 122 valence electrons. The number of anilines is 1. The van der Waals surface area contributed by atoms with Gasteiger partial charge in [-0.1, -0.05) is 17.3 Å². The molecule has 0 bridgehead atoms. The van der Waals surface area contributed by atoms with Crippen LogP contribution in [0.25, 0.3) is 0 Å². The largest absolute Gasteiger partial charge is 0.455 e. The molecule has 7 heteroatoms. The monoisotopic (exact) mass is 330 g/mol. The predicted octanol–water partition coefficient (Wildman–Crippen LogP) is 3.93. The van der Waals surface area contributed by atoms with Crippen molar-refractivity contribution < 1.29 is 22.8 Å². The number of nitrogens with zero attached hydrogens (tertiary/aromatic N) is 1. The van der Waals surface area contributed by atoms with E-state index in [9.17, 15) is 13.6 Å². The molecular weight excluding hydrogens is 318 g/mol. The third kappa shape index (κ3) is 3.95. The fourth-order valence-corrected chi connectivity index (χ4v) is 2.06. The summed E-state index contributed by atoms with van der Waals surface area (Å²) in [6.07, 6.45) is 1.40. The van der Waals surface area contributed by atoms with Crippen LogP contribution in [-0.4, -0.2) is 11.1 Å². The predicted molar refractivity (Wildman–Crippen MR) is 81.7 cm³/mol. The van der Waals surface area contributed by atoms with Crippen molar-refractivity contribution in [2.24, 2.45) is 0 Å². The lowest BCUT2D eigenvalue weighted by atomic mass is 10.2. The van der Waals surface area contributed by atoms with Gasteiger partial charge in [0.2, 0.25) is 5.91 Å². The van der Waals surface area contributed by atoms with Gasteiger partial charge in [-0.15, -0.1) is 0 Å². The van der Waals surface area contributed by atoms with Crippen molar-refractivity contribution >= 4 is 11.6 Å². The highest BCUT2D eigenvalue weighted by Gasteiger charge is 2.11. The maximum absolute atomic E-state index is 13.2. The molecule has 0 aliphatic heterocycles. The zero-order valence-electron chi connectivity index (χ0n) is 12.3. The van der Waals surface area contributed by atoms with Gasteiger partial charge in [-0.25, -0.2) is 8.78 Å². The molecule has 0 atom stereocenters. The van der Waals surface area contributed by atoms with Gasteiger partial charge >= 0.3 is 0 Å².